The van der Waals surface area contributed by atoms with Gasteiger partial charge in [0.05, 0.1) is 0 Å². The molecule has 1 N–H and O–H groups in total. The first kappa shape index (κ1) is 23.6. The van der Waals surface area contributed by atoms with Gasteiger partial charge in [0.25, 0.3) is 5.56 Å². The molecule has 1 aliphatic heterocycles. The van der Waals surface area contributed by atoms with Crippen LogP contribution in [0.2, 0.25) is 5.02 Å². The molecule has 0 fully saturated rings. The Bertz CT molecular complexity index is 1360. The van der Waals surface area contributed by atoms with Gasteiger partial charge < -0.3 is 9.88 Å². The van der Waals surface area contributed by atoms with E-state index in [2.05, 4.69) is 61.6 Å². The van der Waals surface area contributed by atoms with Crippen LogP contribution in [0.1, 0.15) is 41.3 Å². The molecule has 3 aromatic carbocycles. The van der Waals surface area contributed by atoms with Crippen molar-refractivity contribution < 1.29 is 0 Å². The Hall–Kier alpha value is -2.59. The standard InChI is InChI=1S/C28H27ClN2O.ClH/c1-18-15-22-23(16-19(18)2)28(32)31-14-8-13-25(30-17-21-11-6-7-12-24(21)29)27(31)26(22)20-9-4-3-5-10-20;/h3-7,9-12,15-16,25,30H,8,13-14,17H2,1-2H3;1H. The zero-order chi connectivity index (χ0) is 22.2. The molecular formula is C28H28Cl2N2O. The molecule has 0 amide bonds. The Labute approximate surface area is 205 Å². The van der Waals surface area contributed by atoms with Crippen LogP contribution in [-0.4, -0.2) is 4.57 Å². The lowest BCUT2D eigenvalue weighted by molar-refractivity contribution is 0.388. The first-order valence-electron chi connectivity index (χ1n) is 11.2. The van der Waals surface area contributed by atoms with Crippen molar-refractivity contribution in [1.29, 1.82) is 0 Å². The van der Waals surface area contributed by atoms with Crippen LogP contribution in [0.25, 0.3) is 21.9 Å². The summed E-state index contributed by atoms with van der Waals surface area (Å²) in [5, 5.41) is 6.34. The van der Waals surface area contributed by atoms with E-state index < -0.39 is 0 Å². The Balaban J connectivity index is 0.00000259. The van der Waals surface area contributed by atoms with Gasteiger partial charge in [-0.15, -0.1) is 12.4 Å². The smallest absolute Gasteiger partial charge is 0.258 e. The fourth-order valence-electron chi connectivity index (χ4n) is 4.88. The van der Waals surface area contributed by atoms with Gasteiger partial charge in [0.15, 0.2) is 0 Å². The first-order valence-corrected chi connectivity index (χ1v) is 11.6. The van der Waals surface area contributed by atoms with Crippen LogP contribution in [0.5, 0.6) is 0 Å². The normalized spacial score (nSPS) is 15.2. The molecule has 1 unspecified atom stereocenters. The zero-order valence-electron chi connectivity index (χ0n) is 18.9. The lowest BCUT2D eigenvalue weighted by Gasteiger charge is -2.31. The molecule has 170 valence electrons. The van der Waals surface area contributed by atoms with E-state index in [1.807, 2.05) is 28.8 Å². The fraction of sp³-hybridized carbons (Fsp3) is 0.250. The molecule has 5 heteroatoms. The van der Waals surface area contributed by atoms with Gasteiger partial charge in [-0.25, -0.2) is 0 Å². The Kier molecular flexibility index (Phi) is 6.94. The van der Waals surface area contributed by atoms with Crippen molar-refractivity contribution in [1.82, 2.24) is 9.88 Å². The summed E-state index contributed by atoms with van der Waals surface area (Å²) in [5.41, 5.74) is 6.95. The number of hydrogen-bond acceptors (Lipinski definition) is 2. The number of rotatable bonds is 4. The highest BCUT2D eigenvalue weighted by atomic mass is 35.5. The van der Waals surface area contributed by atoms with Crippen molar-refractivity contribution in [2.75, 3.05) is 0 Å². The number of benzene rings is 3. The fourth-order valence-corrected chi connectivity index (χ4v) is 5.09. The minimum Gasteiger partial charge on any atom is -0.310 e. The van der Waals surface area contributed by atoms with Gasteiger partial charge in [-0.2, -0.15) is 0 Å². The Morgan fingerprint density at radius 1 is 0.970 bits per heavy atom. The number of nitrogens with one attached hydrogen (secondary N) is 1. The topological polar surface area (TPSA) is 34.0 Å². The highest BCUT2D eigenvalue weighted by Gasteiger charge is 2.27. The SMILES string of the molecule is Cc1cc2c(-c3ccccc3)c3n(c(=O)c2cc1C)CCCC3NCc1ccccc1Cl.Cl. The minimum atomic E-state index is 0. The van der Waals surface area contributed by atoms with Crippen molar-refractivity contribution in [3.05, 3.63) is 104 Å². The molecule has 33 heavy (non-hydrogen) atoms. The molecule has 0 saturated carbocycles. The first-order chi connectivity index (χ1) is 15.5. The van der Waals surface area contributed by atoms with E-state index in [4.69, 9.17) is 11.6 Å². The molecule has 0 aliphatic carbocycles. The van der Waals surface area contributed by atoms with Crippen LogP contribution < -0.4 is 10.9 Å². The number of fused-ring (bicyclic) bond motifs is 2. The summed E-state index contributed by atoms with van der Waals surface area (Å²) in [6.45, 7) is 5.61. The van der Waals surface area contributed by atoms with Crippen LogP contribution in [0, 0.1) is 13.8 Å². The summed E-state index contributed by atoms with van der Waals surface area (Å²) in [4.78, 5) is 13.6. The quantitative estimate of drug-likeness (QED) is 0.343. The van der Waals surface area contributed by atoms with Gasteiger partial charge in [0, 0.05) is 40.8 Å². The summed E-state index contributed by atoms with van der Waals surface area (Å²) in [5.74, 6) is 0. The molecule has 1 aliphatic rings. The molecular weight excluding hydrogens is 451 g/mol. The molecule has 0 bridgehead atoms. The van der Waals surface area contributed by atoms with Gasteiger partial charge in [0.1, 0.15) is 0 Å². The summed E-state index contributed by atoms with van der Waals surface area (Å²) < 4.78 is 2.01. The maximum atomic E-state index is 13.6. The van der Waals surface area contributed by atoms with Crippen LogP contribution in [0.3, 0.4) is 0 Å². The number of nitrogens with zero attached hydrogens (tertiary/aromatic N) is 1. The molecule has 1 aromatic heterocycles. The highest BCUT2D eigenvalue weighted by Crippen LogP contribution is 2.38. The number of hydrogen-bond donors (Lipinski definition) is 1. The maximum Gasteiger partial charge on any atom is 0.258 e. The van der Waals surface area contributed by atoms with Crippen molar-refractivity contribution in [2.24, 2.45) is 0 Å². The van der Waals surface area contributed by atoms with Crippen molar-refractivity contribution in [3.63, 3.8) is 0 Å². The van der Waals surface area contributed by atoms with Crippen LogP contribution in [-0.2, 0) is 13.1 Å². The second kappa shape index (κ2) is 9.72. The monoisotopic (exact) mass is 478 g/mol. The number of pyridine rings is 1. The van der Waals surface area contributed by atoms with Crippen molar-refractivity contribution in [3.8, 4) is 11.1 Å². The van der Waals surface area contributed by atoms with Gasteiger partial charge in [-0.3, -0.25) is 4.79 Å². The lowest BCUT2D eigenvalue weighted by atomic mass is 9.88. The van der Waals surface area contributed by atoms with E-state index in [0.717, 1.165) is 57.6 Å². The summed E-state index contributed by atoms with van der Waals surface area (Å²) in [7, 11) is 0. The Morgan fingerprint density at radius 3 is 2.36 bits per heavy atom. The molecule has 5 rings (SSSR count). The predicted molar refractivity (Wildman–Crippen MR) is 141 cm³/mol. The second-order valence-corrected chi connectivity index (χ2v) is 9.14. The zero-order valence-corrected chi connectivity index (χ0v) is 20.5. The van der Waals surface area contributed by atoms with Gasteiger partial charge in [0.2, 0.25) is 0 Å². The largest absolute Gasteiger partial charge is 0.310 e. The average molecular weight is 479 g/mol. The van der Waals surface area contributed by atoms with E-state index in [1.54, 1.807) is 0 Å². The second-order valence-electron chi connectivity index (χ2n) is 8.73. The molecule has 1 atom stereocenters. The van der Waals surface area contributed by atoms with Crippen LogP contribution >= 0.6 is 24.0 Å². The lowest BCUT2D eigenvalue weighted by Crippen LogP contribution is -2.35. The summed E-state index contributed by atoms with van der Waals surface area (Å²) in [6.07, 6.45) is 1.96. The maximum absolute atomic E-state index is 13.6. The molecule has 0 saturated heterocycles. The average Bonchev–Trinajstić information content (AvgIpc) is 2.81. The van der Waals surface area contributed by atoms with Crippen molar-refractivity contribution >= 4 is 34.8 Å². The third kappa shape index (κ3) is 4.33. The number of aromatic nitrogens is 1. The van der Waals surface area contributed by atoms with E-state index in [0.29, 0.717) is 6.54 Å². The number of halogens is 2. The van der Waals surface area contributed by atoms with Gasteiger partial charge >= 0.3 is 0 Å². The van der Waals surface area contributed by atoms with Gasteiger partial charge in [-0.1, -0.05) is 66.2 Å². The minimum absolute atomic E-state index is 0. The predicted octanol–water partition coefficient (Wildman–Crippen LogP) is 6.99. The van der Waals surface area contributed by atoms with E-state index in [9.17, 15) is 4.79 Å². The highest BCUT2D eigenvalue weighted by molar-refractivity contribution is 6.31. The van der Waals surface area contributed by atoms with E-state index >= 15 is 0 Å². The van der Waals surface area contributed by atoms with Gasteiger partial charge in [-0.05, 0) is 66.5 Å². The molecule has 3 nitrogen and oxygen atoms in total. The van der Waals surface area contributed by atoms with Crippen molar-refractivity contribution in [2.45, 2.75) is 45.8 Å². The Morgan fingerprint density at radius 2 is 1.64 bits per heavy atom. The third-order valence-electron chi connectivity index (χ3n) is 6.69. The van der Waals surface area contributed by atoms with Crippen LogP contribution in [0.4, 0.5) is 0 Å². The van der Waals surface area contributed by atoms with Crippen LogP contribution in [0.15, 0.2) is 71.5 Å². The molecule has 4 aromatic rings. The molecule has 0 radical (unpaired) electrons. The summed E-state index contributed by atoms with van der Waals surface area (Å²) in [6, 6.07) is 22.7. The molecule has 2 heterocycles. The third-order valence-corrected chi connectivity index (χ3v) is 7.06. The van der Waals surface area contributed by atoms with E-state index in [1.165, 1.54) is 11.1 Å². The number of aryl methyl sites for hydroxylation is 2. The molecule has 0 spiro atoms. The summed E-state index contributed by atoms with van der Waals surface area (Å²) >= 11 is 6.41. The van der Waals surface area contributed by atoms with E-state index in [-0.39, 0.29) is 24.0 Å².